The zero-order valence-corrected chi connectivity index (χ0v) is 27.8. The van der Waals surface area contributed by atoms with Crippen LogP contribution in [0.4, 0.5) is 0 Å². The van der Waals surface area contributed by atoms with Gasteiger partial charge in [0.15, 0.2) is 0 Å². The molecule has 222 valence electrons. The van der Waals surface area contributed by atoms with Crippen molar-refractivity contribution >= 4 is 0 Å². The molecule has 2 fully saturated rings. The lowest BCUT2D eigenvalue weighted by Gasteiger charge is -2.33. The molecule has 2 aliphatic heterocycles. The van der Waals surface area contributed by atoms with Crippen molar-refractivity contribution in [1.82, 2.24) is 0 Å². The zero-order chi connectivity index (χ0) is 30.1. The van der Waals surface area contributed by atoms with Crippen molar-refractivity contribution in [3.05, 3.63) is 46.5 Å². The van der Waals surface area contributed by atoms with Crippen LogP contribution < -0.4 is 9.47 Å². The van der Waals surface area contributed by atoms with E-state index < -0.39 is 0 Å². The summed E-state index contributed by atoms with van der Waals surface area (Å²) in [5.74, 6) is 2.01. The van der Waals surface area contributed by atoms with Crippen LogP contribution in [0.5, 0.6) is 11.5 Å². The molecule has 4 rings (SSSR count). The van der Waals surface area contributed by atoms with Gasteiger partial charge < -0.3 is 18.9 Å². The molecule has 2 aliphatic rings. The molecule has 2 saturated heterocycles. The third-order valence-corrected chi connectivity index (χ3v) is 8.06. The van der Waals surface area contributed by atoms with Crippen LogP contribution in [0.3, 0.4) is 0 Å². The molecule has 0 N–H and O–H groups in total. The number of ether oxygens (including phenoxy) is 4. The van der Waals surface area contributed by atoms with Gasteiger partial charge in [0.25, 0.3) is 0 Å². The molecule has 0 spiro atoms. The van der Waals surface area contributed by atoms with Gasteiger partial charge in [-0.25, -0.2) is 0 Å². The normalized spacial score (nSPS) is 23.2. The SMILES string of the molecule is CC1(COc2c(C(C)(C)C)cc(-c3cc(C(C)(C)C)c(OCC4(C)CO4)c(C(C)(C)C)c3)cc2C(C)(C)C)CO1. The summed E-state index contributed by atoms with van der Waals surface area (Å²) in [7, 11) is 0. The summed E-state index contributed by atoms with van der Waals surface area (Å²) in [5.41, 5.74) is 6.61. The Morgan fingerprint density at radius 1 is 0.525 bits per heavy atom. The standard InChI is InChI=1S/C36H54O4/c1-31(2,3)25-15-23(16-26(32(4,5)6)29(25)37-19-35(13)21-39-35)24-17-27(33(7,8)9)30(28(18-24)34(10,11)12)38-20-36(14)22-40-36/h15-18H,19-22H2,1-14H3. The van der Waals surface area contributed by atoms with Crippen molar-refractivity contribution in [1.29, 1.82) is 0 Å². The molecular formula is C36H54O4. The first-order chi connectivity index (χ1) is 18.0. The minimum absolute atomic E-state index is 0.0981. The second-order valence-electron chi connectivity index (χ2n) is 16.9. The number of hydrogen-bond acceptors (Lipinski definition) is 4. The Kier molecular flexibility index (Phi) is 7.55. The van der Waals surface area contributed by atoms with E-state index >= 15 is 0 Å². The lowest BCUT2D eigenvalue weighted by Crippen LogP contribution is -2.25. The molecule has 0 aliphatic carbocycles. The molecule has 40 heavy (non-hydrogen) atoms. The molecular weight excluding hydrogens is 496 g/mol. The molecule has 2 unspecified atom stereocenters. The maximum atomic E-state index is 6.63. The lowest BCUT2D eigenvalue weighted by molar-refractivity contribution is 0.196. The second kappa shape index (κ2) is 9.76. The Labute approximate surface area is 244 Å². The van der Waals surface area contributed by atoms with Crippen molar-refractivity contribution in [3.8, 4) is 22.6 Å². The van der Waals surface area contributed by atoms with E-state index in [0.717, 1.165) is 24.7 Å². The molecule has 0 bridgehead atoms. The van der Waals surface area contributed by atoms with E-state index in [4.69, 9.17) is 18.9 Å². The molecule has 2 aromatic rings. The molecule has 0 saturated carbocycles. The fourth-order valence-electron chi connectivity index (χ4n) is 4.99. The number of rotatable bonds is 7. The van der Waals surface area contributed by atoms with Gasteiger partial charge in [0.2, 0.25) is 0 Å². The van der Waals surface area contributed by atoms with Gasteiger partial charge in [-0.3, -0.25) is 0 Å². The van der Waals surface area contributed by atoms with Crippen molar-refractivity contribution in [2.24, 2.45) is 0 Å². The highest BCUT2D eigenvalue weighted by molar-refractivity contribution is 5.73. The van der Waals surface area contributed by atoms with E-state index in [0.29, 0.717) is 13.2 Å². The topological polar surface area (TPSA) is 43.5 Å². The van der Waals surface area contributed by atoms with Crippen LogP contribution in [-0.2, 0) is 31.1 Å². The van der Waals surface area contributed by atoms with Crippen LogP contribution >= 0.6 is 0 Å². The van der Waals surface area contributed by atoms with Crippen LogP contribution in [0.15, 0.2) is 24.3 Å². The summed E-state index contributed by atoms with van der Waals surface area (Å²) >= 11 is 0. The number of hydrogen-bond donors (Lipinski definition) is 0. The molecule has 4 nitrogen and oxygen atoms in total. The number of benzene rings is 2. The Morgan fingerprint density at radius 2 is 0.750 bits per heavy atom. The fourth-order valence-corrected chi connectivity index (χ4v) is 4.99. The van der Waals surface area contributed by atoms with E-state index in [2.05, 4.69) is 121 Å². The van der Waals surface area contributed by atoms with Gasteiger partial charge in [-0.1, -0.05) is 83.1 Å². The third-order valence-electron chi connectivity index (χ3n) is 8.06. The van der Waals surface area contributed by atoms with Gasteiger partial charge in [-0.15, -0.1) is 0 Å². The van der Waals surface area contributed by atoms with E-state index in [1.54, 1.807) is 0 Å². The van der Waals surface area contributed by atoms with Gasteiger partial charge >= 0.3 is 0 Å². The summed E-state index contributed by atoms with van der Waals surface area (Å²) in [5, 5.41) is 0. The average molecular weight is 551 g/mol. The molecule has 0 aromatic heterocycles. The smallest absolute Gasteiger partial charge is 0.126 e. The molecule has 0 radical (unpaired) electrons. The van der Waals surface area contributed by atoms with E-state index in [-0.39, 0.29) is 32.9 Å². The highest BCUT2D eigenvalue weighted by Crippen LogP contribution is 2.47. The summed E-state index contributed by atoms with van der Waals surface area (Å²) in [4.78, 5) is 0. The average Bonchev–Trinajstić information content (AvgIpc) is 3.71. The van der Waals surface area contributed by atoms with Gasteiger partial charge in [0.1, 0.15) is 35.9 Å². The first-order valence-electron chi connectivity index (χ1n) is 14.9. The van der Waals surface area contributed by atoms with E-state index in [1.807, 2.05) is 0 Å². The molecule has 4 heteroatoms. The minimum atomic E-state index is -0.176. The Hall–Kier alpha value is -2.04. The summed E-state index contributed by atoms with van der Waals surface area (Å²) < 4.78 is 24.6. The molecule has 2 atom stereocenters. The van der Waals surface area contributed by atoms with Crippen molar-refractivity contribution in [2.45, 2.75) is 130 Å². The van der Waals surface area contributed by atoms with Crippen LogP contribution in [0.2, 0.25) is 0 Å². The predicted octanol–water partition coefficient (Wildman–Crippen LogP) is 8.88. The van der Waals surface area contributed by atoms with E-state index in [9.17, 15) is 0 Å². The first-order valence-corrected chi connectivity index (χ1v) is 14.9. The third kappa shape index (κ3) is 6.87. The highest BCUT2D eigenvalue weighted by atomic mass is 16.6. The molecule has 2 aromatic carbocycles. The van der Waals surface area contributed by atoms with Crippen LogP contribution in [0.25, 0.3) is 11.1 Å². The highest BCUT2D eigenvalue weighted by Gasteiger charge is 2.42. The quantitative estimate of drug-likeness (QED) is 0.323. The summed E-state index contributed by atoms with van der Waals surface area (Å²) in [6.45, 7) is 34.2. The number of epoxide rings is 2. The van der Waals surface area contributed by atoms with Crippen LogP contribution in [0.1, 0.15) is 119 Å². The maximum Gasteiger partial charge on any atom is 0.126 e. The van der Waals surface area contributed by atoms with Gasteiger partial charge in [-0.2, -0.15) is 0 Å². The van der Waals surface area contributed by atoms with Crippen LogP contribution in [0, 0.1) is 0 Å². The monoisotopic (exact) mass is 550 g/mol. The van der Waals surface area contributed by atoms with E-state index in [1.165, 1.54) is 33.4 Å². The van der Waals surface area contributed by atoms with Crippen LogP contribution in [-0.4, -0.2) is 37.6 Å². The largest absolute Gasteiger partial charge is 0.490 e. The Balaban J connectivity index is 1.95. The summed E-state index contributed by atoms with van der Waals surface area (Å²) in [6, 6.07) is 9.42. The molecule has 2 heterocycles. The zero-order valence-electron chi connectivity index (χ0n) is 27.8. The minimum Gasteiger partial charge on any atom is -0.490 e. The summed E-state index contributed by atoms with van der Waals surface area (Å²) in [6.07, 6.45) is 0. The lowest BCUT2D eigenvalue weighted by atomic mass is 9.75. The Morgan fingerprint density at radius 3 is 0.925 bits per heavy atom. The van der Waals surface area contributed by atoms with Gasteiger partial charge in [-0.05, 0) is 70.9 Å². The van der Waals surface area contributed by atoms with Crippen molar-refractivity contribution < 1.29 is 18.9 Å². The van der Waals surface area contributed by atoms with Crippen molar-refractivity contribution in [2.75, 3.05) is 26.4 Å². The van der Waals surface area contributed by atoms with Gasteiger partial charge in [0, 0.05) is 22.3 Å². The predicted molar refractivity (Wildman–Crippen MR) is 166 cm³/mol. The molecule has 0 amide bonds. The Bertz CT molecular complexity index is 1080. The fraction of sp³-hybridized carbons (Fsp3) is 0.667. The van der Waals surface area contributed by atoms with Gasteiger partial charge in [0.05, 0.1) is 13.2 Å². The second-order valence-corrected chi connectivity index (χ2v) is 16.9. The van der Waals surface area contributed by atoms with Crippen molar-refractivity contribution in [3.63, 3.8) is 0 Å². The first kappa shape index (κ1) is 30.9. The maximum absolute atomic E-state index is 6.63.